The molecule has 2 aromatic heterocycles. The predicted molar refractivity (Wildman–Crippen MR) is 142 cm³/mol. The Bertz CT molecular complexity index is 1370. The second-order valence-corrected chi connectivity index (χ2v) is 10.3. The van der Waals surface area contributed by atoms with Crippen molar-refractivity contribution in [2.24, 2.45) is 0 Å². The van der Waals surface area contributed by atoms with Gasteiger partial charge in [0.2, 0.25) is 0 Å². The number of aromatic nitrogens is 2. The molecule has 1 fully saturated rings. The monoisotopic (exact) mass is 618 g/mol. The van der Waals surface area contributed by atoms with Crippen molar-refractivity contribution in [1.29, 1.82) is 0 Å². The number of alkyl halides is 6. The van der Waals surface area contributed by atoms with E-state index in [0.29, 0.717) is 0 Å². The molecule has 1 aromatic carbocycles. The molecule has 1 saturated heterocycles. The summed E-state index contributed by atoms with van der Waals surface area (Å²) in [7, 11) is 2.27. The zero-order chi connectivity index (χ0) is 32.2. The molecule has 3 aromatic rings. The maximum atomic E-state index is 10.6. The van der Waals surface area contributed by atoms with Gasteiger partial charge in [-0.3, -0.25) is 9.80 Å². The molecular formula is C28H32F6N4O5. The van der Waals surface area contributed by atoms with E-state index in [4.69, 9.17) is 29.2 Å². The predicted octanol–water partition coefficient (Wildman–Crippen LogP) is 5.46. The van der Waals surface area contributed by atoms with E-state index in [0.717, 1.165) is 57.1 Å². The Morgan fingerprint density at radius 3 is 1.88 bits per heavy atom. The number of aliphatic carboxylic acids is 2. The Balaban J connectivity index is 0.000000303. The van der Waals surface area contributed by atoms with Gasteiger partial charge in [0.1, 0.15) is 17.3 Å². The highest BCUT2D eigenvalue weighted by Gasteiger charge is 2.45. The van der Waals surface area contributed by atoms with Crippen molar-refractivity contribution in [1.82, 2.24) is 19.4 Å². The molecule has 2 aliphatic heterocycles. The minimum Gasteiger partial charge on any atom is -0.475 e. The highest BCUT2D eigenvalue weighted by Crippen LogP contribution is 2.41. The van der Waals surface area contributed by atoms with Gasteiger partial charge in [0.25, 0.3) is 0 Å². The second kappa shape index (κ2) is 13.2. The summed E-state index contributed by atoms with van der Waals surface area (Å²) in [6.07, 6.45) is -5.88. The molecule has 1 spiro atoms. The first-order chi connectivity index (χ1) is 19.9. The Morgan fingerprint density at radius 2 is 1.42 bits per heavy atom. The summed E-state index contributed by atoms with van der Waals surface area (Å²) in [4.78, 5) is 27.8. The fourth-order valence-electron chi connectivity index (χ4n) is 5.04. The smallest absolute Gasteiger partial charge is 0.475 e. The number of hydrogen-bond donors (Lipinski definition) is 2. The van der Waals surface area contributed by atoms with Gasteiger partial charge in [0.05, 0.1) is 24.0 Å². The van der Waals surface area contributed by atoms with E-state index in [9.17, 15) is 26.3 Å². The maximum Gasteiger partial charge on any atom is 0.490 e. The van der Waals surface area contributed by atoms with Crippen molar-refractivity contribution in [2.75, 3.05) is 26.7 Å². The normalized spacial score (nSPS) is 16.9. The van der Waals surface area contributed by atoms with Crippen LogP contribution in [-0.4, -0.2) is 80.5 Å². The fourth-order valence-corrected chi connectivity index (χ4v) is 5.04. The SMILES string of the molecule is Cc1ccc(-c2cnc3n2CCN(C)C32CCN(Cc3ccc(C)o3)CC2)cc1.O=C(O)C(F)(F)F.O=C(O)C(F)(F)F. The number of likely N-dealkylation sites (N-methyl/N-ethyl adjacent to an activating group) is 1. The Hall–Kier alpha value is -3.85. The quantitative estimate of drug-likeness (QED) is 0.372. The van der Waals surface area contributed by atoms with Crippen LogP contribution < -0.4 is 0 Å². The third kappa shape index (κ3) is 8.38. The maximum absolute atomic E-state index is 10.6. The molecule has 0 amide bonds. The van der Waals surface area contributed by atoms with Crippen LogP contribution in [0, 0.1) is 13.8 Å². The topological polar surface area (TPSA) is 112 Å². The second-order valence-electron chi connectivity index (χ2n) is 10.3. The summed E-state index contributed by atoms with van der Waals surface area (Å²) in [6, 6.07) is 13.0. The van der Waals surface area contributed by atoms with Crippen LogP contribution in [0.2, 0.25) is 0 Å². The minimum atomic E-state index is -5.08. The molecule has 2 aliphatic rings. The number of nitrogens with zero attached hydrogens (tertiary/aromatic N) is 4. The van der Waals surface area contributed by atoms with E-state index < -0.39 is 24.3 Å². The minimum absolute atomic E-state index is 0.0385. The molecule has 15 heteroatoms. The van der Waals surface area contributed by atoms with Crippen LogP contribution in [0.3, 0.4) is 0 Å². The van der Waals surface area contributed by atoms with Crippen LogP contribution in [-0.2, 0) is 28.2 Å². The van der Waals surface area contributed by atoms with Gasteiger partial charge in [-0.15, -0.1) is 0 Å². The van der Waals surface area contributed by atoms with Crippen molar-refractivity contribution in [3.63, 3.8) is 0 Å². The summed E-state index contributed by atoms with van der Waals surface area (Å²) in [6.45, 7) is 9.25. The third-order valence-corrected chi connectivity index (χ3v) is 7.35. The highest BCUT2D eigenvalue weighted by atomic mass is 19.4. The zero-order valence-electron chi connectivity index (χ0n) is 23.7. The summed E-state index contributed by atoms with van der Waals surface area (Å²) in [5, 5.41) is 14.2. The molecule has 0 bridgehead atoms. The average molecular weight is 619 g/mol. The number of carboxylic acid groups (broad SMARTS) is 2. The first-order valence-corrected chi connectivity index (χ1v) is 13.2. The molecule has 236 valence electrons. The summed E-state index contributed by atoms with van der Waals surface area (Å²) < 4.78 is 71.7. The van der Waals surface area contributed by atoms with E-state index in [1.165, 1.54) is 22.6 Å². The van der Waals surface area contributed by atoms with Gasteiger partial charge in [-0.1, -0.05) is 29.8 Å². The van der Waals surface area contributed by atoms with Crippen LogP contribution in [0.25, 0.3) is 11.3 Å². The molecule has 5 rings (SSSR count). The van der Waals surface area contributed by atoms with Gasteiger partial charge in [-0.05, 0) is 51.4 Å². The Labute approximate surface area is 243 Å². The number of halogens is 6. The average Bonchev–Trinajstić information content (AvgIpc) is 3.54. The van der Waals surface area contributed by atoms with Crippen LogP contribution in [0.5, 0.6) is 0 Å². The molecule has 9 nitrogen and oxygen atoms in total. The number of carboxylic acids is 2. The van der Waals surface area contributed by atoms with Gasteiger partial charge in [0.15, 0.2) is 0 Å². The van der Waals surface area contributed by atoms with Crippen molar-refractivity contribution in [2.45, 2.75) is 57.7 Å². The van der Waals surface area contributed by atoms with E-state index in [1.807, 2.05) is 6.92 Å². The lowest BCUT2D eigenvalue weighted by Crippen LogP contribution is -2.56. The number of furan rings is 1. The Morgan fingerprint density at radius 1 is 0.884 bits per heavy atom. The number of aryl methyl sites for hydroxylation is 2. The van der Waals surface area contributed by atoms with Crippen molar-refractivity contribution >= 4 is 11.9 Å². The molecule has 0 atom stereocenters. The molecule has 0 radical (unpaired) electrons. The van der Waals surface area contributed by atoms with Gasteiger partial charge in [0, 0.05) is 26.2 Å². The number of rotatable bonds is 3. The first kappa shape index (κ1) is 33.6. The van der Waals surface area contributed by atoms with Crippen LogP contribution in [0.4, 0.5) is 26.3 Å². The van der Waals surface area contributed by atoms with Gasteiger partial charge in [-0.2, -0.15) is 26.3 Å². The van der Waals surface area contributed by atoms with Crippen LogP contribution in [0.15, 0.2) is 47.0 Å². The van der Waals surface area contributed by atoms with Crippen molar-refractivity contribution < 1.29 is 50.6 Å². The van der Waals surface area contributed by atoms with Crippen LogP contribution in [0.1, 0.15) is 35.7 Å². The lowest BCUT2D eigenvalue weighted by molar-refractivity contribution is -0.193. The summed E-state index contributed by atoms with van der Waals surface area (Å²) in [5.41, 5.74) is 3.85. The number of likely N-dealkylation sites (tertiary alicyclic amines) is 1. The Kier molecular flexibility index (Phi) is 10.3. The lowest BCUT2D eigenvalue weighted by Gasteiger charge is -2.49. The highest BCUT2D eigenvalue weighted by molar-refractivity contribution is 5.73. The number of hydrogen-bond acceptors (Lipinski definition) is 6. The zero-order valence-corrected chi connectivity index (χ0v) is 23.7. The molecule has 2 N–H and O–H groups in total. The molecule has 4 heterocycles. The van der Waals surface area contributed by atoms with E-state index >= 15 is 0 Å². The lowest BCUT2D eigenvalue weighted by atomic mass is 9.83. The van der Waals surface area contributed by atoms with Gasteiger partial charge < -0.3 is 19.2 Å². The number of imidazole rings is 1. The summed E-state index contributed by atoms with van der Waals surface area (Å²) in [5.74, 6) is -2.21. The van der Waals surface area contributed by atoms with E-state index in [2.05, 4.69) is 70.9 Å². The molecule has 0 aliphatic carbocycles. The number of carbonyl (C=O) groups is 2. The van der Waals surface area contributed by atoms with E-state index in [-0.39, 0.29) is 5.54 Å². The third-order valence-electron chi connectivity index (χ3n) is 7.35. The first-order valence-electron chi connectivity index (χ1n) is 13.2. The number of benzene rings is 1. The van der Waals surface area contributed by atoms with Crippen molar-refractivity contribution in [3.8, 4) is 11.3 Å². The number of piperidine rings is 1. The molecule has 43 heavy (non-hydrogen) atoms. The molecule has 0 unspecified atom stereocenters. The standard InChI is InChI=1S/C24H30N4O.2C2HF3O2/c1-18-4-7-20(8-5-18)22-16-25-23-24(26(3)14-15-28(22)23)10-12-27(13-11-24)17-21-9-6-19(2)29-21;2*3-2(4,5)1(6)7/h4-9,16H,10-15,17H2,1-3H3;2*(H,6,7). The molecule has 0 saturated carbocycles. The summed E-state index contributed by atoms with van der Waals surface area (Å²) >= 11 is 0. The van der Waals surface area contributed by atoms with Crippen LogP contribution >= 0.6 is 0 Å². The largest absolute Gasteiger partial charge is 0.490 e. The van der Waals surface area contributed by atoms with Gasteiger partial charge in [-0.25, -0.2) is 14.6 Å². The van der Waals surface area contributed by atoms with Gasteiger partial charge >= 0.3 is 24.3 Å². The van der Waals surface area contributed by atoms with Crippen molar-refractivity contribution in [3.05, 3.63) is 65.5 Å². The van der Waals surface area contributed by atoms with E-state index in [1.54, 1.807) is 0 Å². The fraction of sp³-hybridized carbons (Fsp3) is 0.464. The number of fused-ring (bicyclic) bond motifs is 2. The molecular weight excluding hydrogens is 586 g/mol.